The van der Waals surface area contributed by atoms with Crippen molar-refractivity contribution in [3.63, 3.8) is 0 Å². The molecule has 0 aliphatic heterocycles. The SMILES string of the molecule is C=CC1=C(C)CCC(C)[C@H]1CC.C=CCCCc1sc(CO)cc1C.CC.CN.N. The Hall–Kier alpha value is -1.20. The molecule has 176 valence electrons. The van der Waals surface area contributed by atoms with Gasteiger partial charge in [-0.2, -0.15) is 0 Å². The van der Waals surface area contributed by atoms with Crippen LogP contribution in [-0.4, -0.2) is 12.2 Å². The molecule has 0 saturated carbocycles. The summed E-state index contributed by atoms with van der Waals surface area (Å²) in [5.41, 5.74) is 8.91. The van der Waals surface area contributed by atoms with Gasteiger partial charge in [-0.3, -0.25) is 0 Å². The number of aliphatic hydroxyl groups excluding tert-OH is 1. The maximum atomic E-state index is 8.94. The summed E-state index contributed by atoms with van der Waals surface area (Å²) >= 11 is 1.73. The Balaban J connectivity index is -0.000000406. The fourth-order valence-electron chi connectivity index (χ4n) is 3.68. The summed E-state index contributed by atoms with van der Waals surface area (Å²) < 4.78 is 0. The van der Waals surface area contributed by atoms with Crippen LogP contribution in [0.1, 0.15) is 82.0 Å². The summed E-state index contributed by atoms with van der Waals surface area (Å²) in [5, 5.41) is 8.94. The summed E-state index contributed by atoms with van der Waals surface area (Å²) in [4.78, 5) is 2.48. The predicted octanol–water partition coefficient (Wildman–Crippen LogP) is 7.77. The van der Waals surface area contributed by atoms with E-state index in [0.717, 1.165) is 36.0 Å². The van der Waals surface area contributed by atoms with Gasteiger partial charge in [0.25, 0.3) is 0 Å². The van der Waals surface area contributed by atoms with Gasteiger partial charge in [-0.05, 0) is 88.5 Å². The molecule has 1 aliphatic carbocycles. The van der Waals surface area contributed by atoms with Crippen molar-refractivity contribution < 1.29 is 5.11 Å². The minimum Gasteiger partial charge on any atom is -0.391 e. The monoisotopic (exact) mass is 438 g/mol. The standard InChI is InChI=1S/C12H20.C11H16OS.C2H6.CH5N.H3N/c1-5-11-9(3)7-8-10(4)12(11)6-2;1-3-4-5-6-11-9(2)7-10(8-12)13-11;2*1-2;/h5,10,12H,1,6-8H2,2-4H3;3,7,12H,1,4-6,8H2,2H3;1-2H3;2H2,1H3;1H3/t10?,12-;;;;/m1..../s1. The average Bonchev–Trinajstić information content (AvgIpc) is 3.12. The Labute approximate surface area is 191 Å². The molecule has 6 N–H and O–H groups in total. The van der Waals surface area contributed by atoms with E-state index in [-0.39, 0.29) is 12.8 Å². The van der Waals surface area contributed by atoms with Crippen molar-refractivity contribution in [1.82, 2.24) is 6.15 Å². The first kappa shape index (κ1) is 33.4. The number of rotatable bonds is 7. The van der Waals surface area contributed by atoms with Gasteiger partial charge < -0.3 is 17.0 Å². The lowest BCUT2D eigenvalue weighted by atomic mass is 9.75. The Morgan fingerprint density at radius 2 is 1.83 bits per heavy atom. The van der Waals surface area contributed by atoms with Crippen molar-refractivity contribution in [1.29, 1.82) is 0 Å². The third-order valence-corrected chi connectivity index (χ3v) is 6.53. The molecule has 1 aliphatic rings. The van der Waals surface area contributed by atoms with E-state index >= 15 is 0 Å². The number of aliphatic hydroxyl groups is 1. The van der Waals surface area contributed by atoms with E-state index < -0.39 is 0 Å². The molecule has 3 nitrogen and oxygen atoms in total. The number of hydrogen-bond acceptors (Lipinski definition) is 4. The first-order valence-electron chi connectivity index (χ1n) is 11.2. The fraction of sp³-hybridized carbons (Fsp3) is 0.615. The fourth-order valence-corrected chi connectivity index (χ4v) is 4.77. The molecular formula is C26H50N2OS. The lowest BCUT2D eigenvalue weighted by Crippen LogP contribution is -2.18. The van der Waals surface area contributed by atoms with Gasteiger partial charge in [-0.1, -0.05) is 52.0 Å². The molecule has 30 heavy (non-hydrogen) atoms. The molecule has 2 rings (SSSR count). The van der Waals surface area contributed by atoms with Crippen molar-refractivity contribution in [2.24, 2.45) is 17.6 Å². The Kier molecular flexibility index (Phi) is 23.5. The second-order valence-electron chi connectivity index (χ2n) is 7.13. The second-order valence-corrected chi connectivity index (χ2v) is 8.35. The van der Waals surface area contributed by atoms with Crippen LogP contribution in [0.4, 0.5) is 0 Å². The normalized spacial score (nSPS) is 17.1. The molecule has 0 amide bonds. The summed E-state index contributed by atoms with van der Waals surface area (Å²) in [6.07, 6.45) is 11.3. The Morgan fingerprint density at radius 3 is 2.23 bits per heavy atom. The van der Waals surface area contributed by atoms with Crippen LogP contribution in [0.15, 0.2) is 42.5 Å². The molecule has 0 fully saturated rings. The van der Waals surface area contributed by atoms with E-state index in [1.165, 1.54) is 42.3 Å². The van der Waals surface area contributed by atoms with Crippen molar-refractivity contribution in [2.45, 2.75) is 86.7 Å². The highest BCUT2D eigenvalue weighted by molar-refractivity contribution is 7.12. The number of aryl methyl sites for hydroxylation is 2. The van der Waals surface area contributed by atoms with Gasteiger partial charge in [0.1, 0.15) is 0 Å². The van der Waals surface area contributed by atoms with Crippen LogP contribution in [0.3, 0.4) is 0 Å². The van der Waals surface area contributed by atoms with Gasteiger partial charge in [0.2, 0.25) is 0 Å². The van der Waals surface area contributed by atoms with Gasteiger partial charge >= 0.3 is 0 Å². The first-order chi connectivity index (χ1) is 14.0. The summed E-state index contributed by atoms with van der Waals surface area (Å²) in [5.74, 6) is 1.63. The van der Waals surface area contributed by atoms with E-state index in [9.17, 15) is 0 Å². The zero-order chi connectivity index (χ0) is 22.8. The molecule has 4 heteroatoms. The average molecular weight is 439 g/mol. The number of thiophene rings is 1. The molecule has 1 aromatic heterocycles. The zero-order valence-corrected chi connectivity index (χ0v) is 21.7. The number of nitrogens with two attached hydrogens (primary N) is 1. The molecule has 0 aromatic carbocycles. The third-order valence-electron chi connectivity index (χ3n) is 5.25. The molecule has 2 atom stereocenters. The molecule has 1 unspecified atom stereocenters. The smallest absolute Gasteiger partial charge is 0.0774 e. The van der Waals surface area contributed by atoms with Gasteiger partial charge in [0.15, 0.2) is 0 Å². The highest BCUT2D eigenvalue weighted by Crippen LogP contribution is 2.36. The molecule has 1 heterocycles. The first-order valence-corrected chi connectivity index (χ1v) is 12.0. The van der Waals surface area contributed by atoms with Crippen molar-refractivity contribution in [3.05, 3.63) is 57.8 Å². The van der Waals surface area contributed by atoms with E-state index in [4.69, 9.17) is 5.11 Å². The molecular weight excluding hydrogens is 388 g/mol. The van der Waals surface area contributed by atoms with Crippen LogP contribution in [0.2, 0.25) is 0 Å². The maximum absolute atomic E-state index is 8.94. The van der Waals surface area contributed by atoms with Gasteiger partial charge in [-0.25, -0.2) is 0 Å². The highest BCUT2D eigenvalue weighted by atomic mass is 32.1. The van der Waals surface area contributed by atoms with Gasteiger partial charge in [0.05, 0.1) is 6.61 Å². The van der Waals surface area contributed by atoms with Crippen molar-refractivity contribution in [3.8, 4) is 0 Å². The minimum atomic E-state index is 0. The zero-order valence-electron chi connectivity index (χ0n) is 20.9. The number of unbranched alkanes of at least 4 members (excludes halogenated alkanes) is 1. The van der Waals surface area contributed by atoms with E-state index in [0.29, 0.717) is 0 Å². The van der Waals surface area contributed by atoms with Gasteiger partial charge in [0, 0.05) is 9.75 Å². The molecule has 0 saturated heterocycles. The van der Waals surface area contributed by atoms with Gasteiger partial charge in [-0.15, -0.1) is 17.9 Å². The van der Waals surface area contributed by atoms with E-state index in [1.807, 2.05) is 19.9 Å². The van der Waals surface area contributed by atoms with Crippen molar-refractivity contribution in [2.75, 3.05) is 7.05 Å². The van der Waals surface area contributed by atoms with Crippen molar-refractivity contribution >= 4 is 11.3 Å². The summed E-state index contributed by atoms with van der Waals surface area (Å²) in [7, 11) is 1.50. The van der Waals surface area contributed by atoms with Crippen LogP contribution >= 0.6 is 11.3 Å². The number of allylic oxidation sites excluding steroid dienone is 4. The third kappa shape index (κ3) is 11.8. The molecule has 1 aromatic rings. The lowest BCUT2D eigenvalue weighted by Gasteiger charge is -2.30. The molecule has 0 radical (unpaired) electrons. The van der Waals surface area contributed by atoms with Crippen LogP contribution in [-0.2, 0) is 13.0 Å². The largest absolute Gasteiger partial charge is 0.391 e. The van der Waals surface area contributed by atoms with Crippen LogP contribution in [0.5, 0.6) is 0 Å². The van der Waals surface area contributed by atoms with Crippen LogP contribution in [0.25, 0.3) is 0 Å². The minimum absolute atomic E-state index is 0. The maximum Gasteiger partial charge on any atom is 0.0774 e. The van der Waals surface area contributed by atoms with E-state index in [1.54, 1.807) is 16.9 Å². The Morgan fingerprint density at radius 1 is 1.23 bits per heavy atom. The van der Waals surface area contributed by atoms with Crippen LogP contribution < -0.4 is 11.9 Å². The Bertz CT molecular complexity index is 590. The topological polar surface area (TPSA) is 81.2 Å². The van der Waals surface area contributed by atoms with Crippen LogP contribution in [0, 0.1) is 18.8 Å². The number of hydrogen-bond donors (Lipinski definition) is 3. The van der Waals surface area contributed by atoms with E-state index in [2.05, 4.69) is 58.7 Å². The summed E-state index contributed by atoms with van der Waals surface area (Å²) in [6, 6.07) is 2.08. The highest BCUT2D eigenvalue weighted by Gasteiger charge is 2.23. The molecule has 0 spiro atoms. The summed E-state index contributed by atoms with van der Waals surface area (Å²) in [6.45, 7) is 20.8. The second kappa shape index (κ2) is 21.0. The quantitative estimate of drug-likeness (QED) is 0.300. The molecule has 0 bridgehead atoms. The lowest BCUT2D eigenvalue weighted by molar-refractivity contribution is 0.285. The predicted molar refractivity (Wildman–Crippen MR) is 140 cm³/mol.